The molecule has 22 heteroatoms. The van der Waals surface area contributed by atoms with Gasteiger partial charge in [-0.15, -0.1) is 0 Å². The number of phosphoric acid groups is 1. The lowest BCUT2D eigenvalue weighted by atomic mass is 9.93. The van der Waals surface area contributed by atoms with Crippen molar-refractivity contribution in [2.75, 3.05) is 13.2 Å². The van der Waals surface area contributed by atoms with Gasteiger partial charge in [-0.25, -0.2) is 4.79 Å². The first-order chi connectivity index (χ1) is 18.5. The van der Waals surface area contributed by atoms with E-state index < -0.39 is 107 Å². The lowest BCUT2D eigenvalue weighted by Crippen LogP contribution is -2.67. The summed E-state index contributed by atoms with van der Waals surface area (Å²) in [6.45, 7) is -1.26. The van der Waals surface area contributed by atoms with Gasteiger partial charge in [0.15, 0.2) is 6.23 Å². The first-order valence-electron chi connectivity index (χ1n) is 11.3. The Labute approximate surface area is 223 Å². The largest absolute Gasteiger partial charge is 0.809 e. The number of hydrogen-bond acceptors (Lipinski definition) is 17. The van der Waals surface area contributed by atoms with Crippen LogP contribution in [0, 0.1) is 0 Å². The van der Waals surface area contributed by atoms with E-state index in [4.69, 9.17) is 9.47 Å². The van der Waals surface area contributed by atoms with Crippen LogP contribution in [0.4, 0.5) is 0 Å². The van der Waals surface area contributed by atoms with Gasteiger partial charge < -0.3 is 68.6 Å². The van der Waals surface area contributed by atoms with Crippen LogP contribution in [0.15, 0.2) is 21.9 Å². The van der Waals surface area contributed by atoms with Gasteiger partial charge in [-0.05, 0) is 7.60 Å². The van der Waals surface area contributed by atoms with Crippen LogP contribution in [0.25, 0.3) is 0 Å². The Balaban J connectivity index is 1.79. The van der Waals surface area contributed by atoms with Crippen molar-refractivity contribution in [2.45, 2.75) is 67.8 Å². The molecule has 0 aromatic carbocycles. The minimum absolute atomic E-state index is 0.684. The number of nitrogens with zero attached hydrogens (tertiary/aromatic N) is 1. The lowest BCUT2D eigenvalue weighted by Gasteiger charge is -2.50. The van der Waals surface area contributed by atoms with E-state index in [2.05, 4.69) is 9.05 Å². The standard InChI is InChI=1S/C18H29N3O17P2/c1-6(23)19-10-13(27)11(25)7(4-22)36-15(10)17(39(30,31)32)38-40(33,34)35-5-8-12(26)14(28)16(37-8)21-3-2-9(24)20-18(21)29/h2-3,7-8,10-17,22,25-28H,4-5H2,1H3,(H,19,23)(H,33,34)(H,20,24,29)(H2,30,31,32)/p-3/t7-,8-,10-,11-,12-,13-,14-,15-,16-,17?/m1/s1. The van der Waals surface area contributed by atoms with Gasteiger partial charge in [-0.2, -0.15) is 0 Å². The van der Waals surface area contributed by atoms with Crippen molar-refractivity contribution in [3.63, 3.8) is 0 Å². The third-order valence-electron chi connectivity index (χ3n) is 6.02. The summed E-state index contributed by atoms with van der Waals surface area (Å²) < 4.78 is 44.6. The highest BCUT2D eigenvalue weighted by Gasteiger charge is 2.50. The molecule has 0 saturated carbocycles. The van der Waals surface area contributed by atoms with Gasteiger partial charge in [0.05, 0.1) is 19.3 Å². The van der Waals surface area contributed by atoms with Crippen LogP contribution in [-0.4, -0.2) is 109 Å². The zero-order valence-corrected chi connectivity index (χ0v) is 22.1. The zero-order valence-electron chi connectivity index (χ0n) is 20.3. The SMILES string of the molecule is CC(=O)N[C@@H]1[C@@H](O)[C@H](O)[C@@H](CO)O[C@H]1C(OP(=O)([O-])OC[C@H]1O[C@@H](n2ccc(=O)[nH]c2=O)[C@H](O)[C@@H]1O)P(=O)([O-])[O-]. The van der Waals surface area contributed by atoms with Crippen molar-refractivity contribution in [3.8, 4) is 0 Å². The molecule has 3 rings (SSSR count). The maximum atomic E-state index is 12.5. The number of carbonyl (C=O) groups is 1. The molecule has 0 bridgehead atoms. The molecule has 20 nitrogen and oxygen atoms in total. The Hall–Kier alpha value is -1.87. The molecule has 2 fully saturated rings. The molecule has 2 unspecified atom stereocenters. The van der Waals surface area contributed by atoms with E-state index in [0.717, 1.165) is 19.2 Å². The molecule has 3 heterocycles. The van der Waals surface area contributed by atoms with Crippen molar-refractivity contribution < 1.29 is 72.7 Å². The number of aromatic nitrogens is 2. The molecule has 0 spiro atoms. The zero-order chi connectivity index (χ0) is 30.2. The van der Waals surface area contributed by atoms with Crippen molar-refractivity contribution >= 4 is 21.3 Å². The summed E-state index contributed by atoms with van der Waals surface area (Å²) >= 11 is 0. The molecule has 0 radical (unpaired) electrons. The Morgan fingerprint density at radius 2 is 1.73 bits per heavy atom. The van der Waals surface area contributed by atoms with Crippen LogP contribution in [-0.2, 0) is 32.4 Å². The summed E-state index contributed by atoms with van der Waals surface area (Å²) in [4.78, 5) is 73.2. The second-order valence-electron chi connectivity index (χ2n) is 8.87. The summed E-state index contributed by atoms with van der Waals surface area (Å²) in [5.41, 5.74) is -1.82. The molecule has 1 amide bonds. The summed E-state index contributed by atoms with van der Waals surface area (Å²) in [5.74, 6) is -3.92. The monoisotopic (exact) mass is 618 g/mol. The average Bonchev–Trinajstić information content (AvgIpc) is 3.12. The van der Waals surface area contributed by atoms with E-state index in [0.29, 0.717) is 4.57 Å². The summed E-state index contributed by atoms with van der Waals surface area (Å²) in [7, 11) is -12.0. The van der Waals surface area contributed by atoms with E-state index in [-0.39, 0.29) is 0 Å². The Morgan fingerprint density at radius 1 is 1.10 bits per heavy atom. The van der Waals surface area contributed by atoms with Crippen LogP contribution in [0.5, 0.6) is 0 Å². The third kappa shape index (κ3) is 7.30. The molecule has 1 aromatic rings. The number of amides is 1. The lowest BCUT2D eigenvalue weighted by molar-refractivity contribution is -0.331. The van der Waals surface area contributed by atoms with Gasteiger partial charge in [-0.1, -0.05) is 0 Å². The van der Waals surface area contributed by atoms with E-state index >= 15 is 0 Å². The highest BCUT2D eigenvalue weighted by atomic mass is 31.2. The molecule has 40 heavy (non-hydrogen) atoms. The number of aliphatic hydroxyl groups is 5. The fourth-order valence-corrected chi connectivity index (χ4v) is 6.34. The van der Waals surface area contributed by atoms with Crippen molar-refractivity contribution in [1.29, 1.82) is 0 Å². The summed E-state index contributed by atoms with van der Waals surface area (Å²) in [6, 6.07) is -1.01. The van der Waals surface area contributed by atoms with Crippen molar-refractivity contribution in [1.82, 2.24) is 14.9 Å². The normalized spacial score (nSPS) is 35.2. The van der Waals surface area contributed by atoms with Crippen LogP contribution < -0.4 is 31.2 Å². The number of hydrogen-bond donors (Lipinski definition) is 7. The van der Waals surface area contributed by atoms with E-state index in [1.165, 1.54) is 0 Å². The molecular formula is C18H26N3O17P2-3. The second kappa shape index (κ2) is 12.6. The van der Waals surface area contributed by atoms with Gasteiger partial charge in [0, 0.05) is 19.2 Å². The number of nitrogens with one attached hydrogen (secondary N) is 2. The second-order valence-corrected chi connectivity index (χ2v) is 11.8. The summed E-state index contributed by atoms with van der Waals surface area (Å²) in [5, 5.41) is 52.2. The number of ether oxygens (including phenoxy) is 2. The molecular weight excluding hydrogens is 592 g/mol. The van der Waals surface area contributed by atoms with Gasteiger partial charge >= 0.3 is 5.69 Å². The first kappa shape index (κ1) is 32.6. The van der Waals surface area contributed by atoms with E-state index in [9.17, 15) is 63.7 Å². The number of carbonyl (C=O) groups excluding carboxylic acids is 1. The van der Waals surface area contributed by atoms with Gasteiger partial charge in [0.1, 0.15) is 48.6 Å². The predicted octanol–water partition coefficient (Wildman–Crippen LogP) is -7.12. The minimum atomic E-state index is -6.15. The van der Waals surface area contributed by atoms with Crippen molar-refractivity contribution in [3.05, 3.63) is 33.1 Å². The number of aliphatic hydroxyl groups excluding tert-OH is 5. The quantitative estimate of drug-likeness (QED) is 0.120. The maximum Gasteiger partial charge on any atom is 0.330 e. The number of H-pyrrole nitrogens is 1. The van der Waals surface area contributed by atoms with Crippen LogP contribution in [0.1, 0.15) is 13.2 Å². The molecule has 0 aliphatic carbocycles. The molecule has 2 saturated heterocycles. The number of phosphoric ester groups is 1. The van der Waals surface area contributed by atoms with Crippen molar-refractivity contribution in [2.24, 2.45) is 0 Å². The molecule has 2 aliphatic rings. The Morgan fingerprint density at radius 3 is 2.27 bits per heavy atom. The Kier molecular flexibility index (Phi) is 10.2. The van der Waals surface area contributed by atoms with Gasteiger partial charge in [0.2, 0.25) is 5.91 Å². The average molecular weight is 618 g/mol. The first-order valence-corrected chi connectivity index (χ1v) is 14.4. The van der Waals surface area contributed by atoms with E-state index in [1.54, 1.807) is 0 Å². The molecule has 11 atom stereocenters. The van der Waals surface area contributed by atoms with Crippen LogP contribution in [0.3, 0.4) is 0 Å². The molecule has 7 N–H and O–H groups in total. The smallest absolute Gasteiger partial charge is 0.330 e. The highest BCUT2D eigenvalue weighted by Crippen LogP contribution is 2.50. The molecule has 1 aromatic heterocycles. The number of aromatic amines is 1. The topological polar surface area (TPSA) is 325 Å². The maximum absolute atomic E-state index is 12.5. The summed E-state index contributed by atoms with van der Waals surface area (Å²) in [6.07, 6.45) is -14.0. The third-order valence-corrected chi connectivity index (χ3v) is 8.16. The van der Waals surface area contributed by atoms with Crippen LogP contribution in [0.2, 0.25) is 0 Å². The van der Waals surface area contributed by atoms with Gasteiger partial charge in [0.25, 0.3) is 13.4 Å². The Bertz CT molecular complexity index is 1270. The predicted molar refractivity (Wildman–Crippen MR) is 119 cm³/mol. The van der Waals surface area contributed by atoms with Gasteiger partial charge in [-0.3, -0.25) is 23.7 Å². The van der Waals surface area contributed by atoms with E-state index in [1.807, 2.05) is 10.3 Å². The highest BCUT2D eigenvalue weighted by molar-refractivity contribution is 7.51. The van der Waals surface area contributed by atoms with Crippen LogP contribution >= 0.6 is 15.4 Å². The molecule has 2 aliphatic heterocycles. The fourth-order valence-electron chi connectivity index (χ4n) is 4.14. The minimum Gasteiger partial charge on any atom is -0.809 e. The molecule has 228 valence electrons. The number of rotatable bonds is 10. The fraction of sp³-hybridized carbons (Fsp3) is 0.722.